The highest BCUT2D eigenvalue weighted by Crippen LogP contribution is 2.35. The number of anilines is 1. The zero-order valence-corrected chi connectivity index (χ0v) is 17.4. The van der Waals surface area contributed by atoms with Crippen LogP contribution in [-0.4, -0.2) is 41.4 Å². The van der Waals surface area contributed by atoms with Gasteiger partial charge in [-0.3, -0.25) is 9.98 Å². The van der Waals surface area contributed by atoms with Gasteiger partial charge in [-0.1, -0.05) is 20.8 Å². The Morgan fingerprint density at radius 2 is 1.97 bits per heavy atom. The number of aliphatic imine (C=N–C) groups is 1. The Morgan fingerprint density at radius 1 is 1.17 bits per heavy atom. The maximum atomic E-state index is 13.8. The molecule has 4 rings (SSSR count). The van der Waals surface area contributed by atoms with E-state index in [0.29, 0.717) is 30.2 Å². The van der Waals surface area contributed by atoms with Crippen LogP contribution in [0.3, 0.4) is 0 Å². The molecule has 0 bridgehead atoms. The summed E-state index contributed by atoms with van der Waals surface area (Å²) >= 11 is 0. The lowest BCUT2D eigenvalue weighted by Crippen LogP contribution is -2.52. The van der Waals surface area contributed by atoms with Crippen LogP contribution in [0.5, 0.6) is 0 Å². The van der Waals surface area contributed by atoms with Gasteiger partial charge in [-0.25, -0.2) is 4.98 Å². The molecule has 1 saturated heterocycles. The van der Waals surface area contributed by atoms with E-state index in [0.717, 1.165) is 19.0 Å². The maximum Gasteiger partial charge on any atom is 0.418 e. The molecule has 8 heteroatoms. The molecule has 2 aromatic heterocycles. The molecule has 2 aliphatic heterocycles. The second-order valence-electron chi connectivity index (χ2n) is 9.09. The lowest BCUT2D eigenvalue weighted by atomic mass is 9.87. The minimum atomic E-state index is -4.51. The number of nitrogens with zero attached hydrogens (tertiary/aromatic N) is 4. The number of alkyl halides is 3. The zero-order chi connectivity index (χ0) is 21.5. The first-order valence-corrected chi connectivity index (χ1v) is 10.2. The molecular weight excluding hydrogens is 391 g/mol. The number of nitrogens with one attached hydrogen (secondary N) is 1. The molecule has 0 amide bonds. The summed E-state index contributed by atoms with van der Waals surface area (Å²) in [5, 5.41) is 3.51. The summed E-state index contributed by atoms with van der Waals surface area (Å²) in [7, 11) is 0. The normalized spacial score (nSPS) is 19.6. The summed E-state index contributed by atoms with van der Waals surface area (Å²) in [4.78, 5) is 15.2. The number of hydrogen-bond donors (Lipinski definition) is 1. The van der Waals surface area contributed by atoms with E-state index in [2.05, 4.69) is 45.9 Å². The Kier molecular flexibility index (Phi) is 5.30. The van der Waals surface area contributed by atoms with Crippen molar-refractivity contribution in [1.82, 2.24) is 15.3 Å². The molecule has 1 fully saturated rings. The van der Waals surface area contributed by atoms with Crippen LogP contribution < -0.4 is 10.2 Å². The first-order chi connectivity index (χ1) is 14.1. The van der Waals surface area contributed by atoms with E-state index in [4.69, 9.17) is 0 Å². The van der Waals surface area contributed by atoms with Crippen molar-refractivity contribution in [3.63, 3.8) is 0 Å². The molecule has 0 saturated carbocycles. The molecule has 1 N–H and O–H groups in total. The van der Waals surface area contributed by atoms with Gasteiger partial charge in [0.15, 0.2) is 0 Å². The molecule has 4 heterocycles. The molecule has 0 aromatic carbocycles. The first-order valence-electron chi connectivity index (χ1n) is 10.2. The van der Waals surface area contributed by atoms with E-state index in [9.17, 15) is 13.2 Å². The smallest absolute Gasteiger partial charge is 0.354 e. The van der Waals surface area contributed by atoms with E-state index >= 15 is 0 Å². The summed E-state index contributed by atoms with van der Waals surface area (Å²) in [6.07, 6.45) is -1.91. The molecular formula is C22H26F3N5. The molecule has 0 aliphatic carbocycles. The Bertz CT molecular complexity index is 962. The third kappa shape index (κ3) is 4.33. The van der Waals surface area contributed by atoms with Crippen molar-refractivity contribution in [1.29, 1.82) is 0 Å². The van der Waals surface area contributed by atoms with Crippen molar-refractivity contribution in [3.8, 4) is 0 Å². The number of fused-ring (bicyclic) bond motifs is 1. The summed E-state index contributed by atoms with van der Waals surface area (Å²) in [5.41, 5.74) is 0.863. The predicted octanol–water partition coefficient (Wildman–Crippen LogP) is 4.06. The van der Waals surface area contributed by atoms with Gasteiger partial charge >= 0.3 is 6.18 Å². The van der Waals surface area contributed by atoms with Gasteiger partial charge in [0.1, 0.15) is 11.5 Å². The van der Waals surface area contributed by atoms with Gasteiger partial charge in [0.05, 0.1) is 23.5 Å². The molecule has 160 valence electrons. The third-order valence-corrected chi connectivity index (χ3v) is 5.38. The molecule has 0 unspecified atom stereocenters. The van der Waals surface area contributed by atoms with Crippen LogP contribution in [0.1, 0.15) is 49.7 Å². The van der Waals surface area contributed by atoms with Crippen LogP contribution >= 0.6 is 0 Å². The molecule has 0 spiro atoms. The summed E-state index contributed by atoms with van der Waals surface area (Å²) in [6, 6.07) is 6.35. The number of rotatable bonds is 3. The Hall–Kier alpha value is -2.48. The van der Waals surface area contributed by atoms with Crippen molar-refractivity contribution in [2.24, 2.45) is 10.4 Å². The van der Waals surface area contributed by atoms with Crippen molar-refractivity contribution in [3.05, 3.63) is 53.0 Å². The minimum Gasteiger partial charge on any atom is -0.354 e. The fourth-order valence-corrected chi connectivity index (χ4v) is 4.16. The van der Waals surface area contributed by atoms with Crippen molar-refractivity contribution < 1.29 is 13.2 Å². The summed E-state index contributed by atoms with van der Waals surface area (Å²) < 4.78 is 41.3. The van der Waals surface area contributed by atoms with Crippen LogP contribution in [-0.2, 0) is 12.7 Å². The maximum absolute atomic E-state index is 13.8. The minimum absolute atomic E-state index is 0.113. The van der Waals surface area contributed by atoms with Gasteiger partial charge in [0, 0.05) is 37.4 Å². The van der Waals surface area contributed by atoms with Crippen LogP contribution in [0.25, 0.3) is 0 Å². The first kappa shape index (κ1) is 20.8. The van der Waals surface area contributed by atoms with E-state index in [-0.39, 0.29) is 29.4 Å². The standard InChI is InChI=1S/C22H26F3N5/c1-21(2,3)11-14-13-30(10-9-26-14)18-7-6-16(22(23,24)25)20(29-18)19-15-5-4-8-27-17(15)12-28-19/h4-8,14,26H,9-13H2,1-3H3/t14-/m0/s1. The Balaban J connectivity index is 1.69. The second-order valence-corrected chi connectivity index (χ2v) is 9.09. The topological polar surface area (TPSA) is 53.4 Å². The number of piperazine rings is 1. The van der Waals surface area contributed by atoms with Crippen molar-refractivity contribution in [2.75, 3.05) is 24.5 Å². The zero-order valence-electron chi connectivity index (χ0n) is 17.4. The number of halogens is 3. The summed E-state index contributed by atoms with van der Waals surface area (Å²) in [5.74, 6) is 0.554. The molecule has 30 heavy (non-hydrogen) atoms. The molecule has 1 atom stereocenters. The Morgan fingerprint density at radius 3 is 2.70 bits per heavy atom. The highest BCUT2D eigenvalue weighted by molar-refractivity contribution is 6.14. The lowest BCUT2D eigenvalue weighted by molar-refractivity contribution is -0.137. The van der Waals surface area contributed by atoms with Crippen molar-refractivity contribution in [2.45, 2.75) is 46.0 Å². The van der Waals surface area contributed by atoms with Gasteiger partial charge in [-0.2, -0.15) is 13.2 Å². The fourth-order valence-electron chi connectivity index (χ4n) is 4.16. The molecule has 5 nitrogen and oxygen atoms in total. The van der Waals surface area contributed by atoms with Gasteiger partial charge in [-0.05, 0) is 36.1 Å². The van der Waals surface area contributed by atoms with E-state index in [1.807, 2.05) is 0 Å². The number of pyridine rings is 2. The van der Waals surface area contributed by atoms with Crippen LogP contribution in [0.2, 0.25) is 0 Å². The SMILES string of the molecule is CC(C)(C)C[C@H]1CN(c2ccc(C(F)(F)F)c(C3=NCc4ncccc43)n2)CCN1. The van der Waals surface area contributed by atoms with Crippen molar-refractivity contribution >= 4 is 11.5 Å². The number of hydrogen-bond acceptors (Lipinski definition) is 5. The largest absolute Gasteiger partial charge is 0.418 e. The summed E-state index contributed by atoms with van der Waals surface area (Å²) in [6.45, 7) is 9.01. The van der Waals surface area contributed by atoms with E-state index < -0.39 is 11.7 Å². The monoisotopic (exact) mass is 417 g/mol. The molecule has 2 aliphatic rings. The lowest BCUT2D eigenvalue weighted by Gasteiger charge is -2.37. The number of aromatic nitrogens is 2. The van der Waals surface area contributed by atoms with E-state index in [1.54, 1.807) is 18.3 Å². The second kappa shape index (κ2) is 7.65. The van der Waals surface area contributed by atoms with Gasteiger partial charge in [0.2, 0.25) is 0 Å². The predicted molar refractivity (Wildman–Crippen MR) is 111 cm³/mol. The quantitative estimate of drug-likeness (QED) is 0.818. The van der Waals surface area contributed by atoms with Crippen LogP contribution in [0.15, 0.2) is 35.5 Å². The molecule has 0 radical (unpaired) electrons. The van der Waals surface area contributed by atoms with Gasteiger partial charge in [0.25, 0.3) is 0 Å². The van der Waals surface area contributed by atoms with Gasteiger partial charge in [-0.15, -0.1) is 0 Å². The average Bonchev–Trinajstić information content (AvgIpc) is 3.10. The van der Waals surface area contributed by atoms with Gasteiger partial charge < -0.3 is 10.2 Å². The fraction of sp³-hybridized carbons (Fsp3) is 0.500. The highest BCUT2D eigenvalue weighted by atomic mass is 19.4. The Labute approximate surface area is 174 Å². The molecule has 2 aromatic rings. The van der Waals surface area contributed by atoms with E-state index in [1.165, 1.54) is 6.07 Å². The third-order valence-electron chi connectivity index (χ3n) is 5.38. The average molecular weight is 417 g/mol. The van der Waals surface area contributed by atoms with Crippen LogP contribution in [0, 0.1) is 5.41 Å². The van der Waals surface area contributed by atoms with Crippen LogP contribution in [0.4, 0.5) is 19.0 Å². The highest BCUT2D eigenvalue weighted by Gasteiger charge is 2.37.